The number of aromatic nitrogens is 4. The summed E-state index contributed by atoms with van der Waals surface area (Å²) in [6.45, 7) is 5.54. The summed E-state index contributed by atoms with van der Waals surface area (Å²) in [5.74, 6) is 0.256. The Morgan fingerprint density at radius 2 is 1.83 bits per heavy atom. The summed E-state index contributed by atoms with van der Waals surface area (Å²) in [5.41, 5.74) is 3.31. The minimum absolute atomic E-state index is 0.183. The molecule has 1 aliphatic heterocycles. The van der Waals surface area contributed by atoms with E-state index in [0.717, 1.165) is 37.4 Å². The topological polar surface area (TPSA) is 101 Å². The second kappa shape index (κ2) is 8.02. The SMILES string of the molecule is CC(c1ccc(-c2cccc(S(C)(=O)=O)c2-c2nn[nH]n2)cc1)N1CCOCC1. The fourth-order valence-corrected chi connectivity index (χ4v) is 4.59. The van der Waals surface area contributed by atoms with E-state index in [1.54, 1.807) is 12.1 Å². The average Bonchev–Trinajstić information content (AvgIpc) is 3.27. The van der Waals surface area contributed by atoms with Gasteiger partial charge in [0.1, 0.15) is 0 Å². The van der Waals surface area contributed by atoms with Gasteiger partial charge in [-0.1, -0.05) is 36.4 Å². The molecule has 1 fully saturated rings. The molecule has 0 bridgehead atoms. The van der Waals surface area contributed by atoms with E-state index in [-0.39, 0.29) is 16.8 Å². The Balaban J connectivity index is 1.74. The van der Waals surface area contributed by atoms with E-state index in [0.29, 0.717) is 5.56 Å². The largest absolute Gasteiger partial charge is 0.379 e. The van der Waals surface area contributed by atoms with Crippen molar-refractivity contribution in [2.75, 3.05) is 32.6 Å². The lowest BCUT2D eigenvalue weighted by atomic mass is 9.96. The molecule has 4 rings (SSSR count). The molecule has 152 valence electrons. The van der Waals surface area contributed by atoms with Crippen molar-refractivity contribution in [1.82, 2.24) is 25.5 Å². The van der Waals surface area contributed by atoms with Crippen LogP contribution in [0.25, 0.3) is 22.5 Å². The standard InChI is InChI=1S/C20H23N5O3S/c1-14(25-10-12-28-13-11-25)15-6-8-16(9-7-15)17-4-3-5-18(29(2,26)27)19(17)20-21-23-24-22-20/h3-9,14H,10-13H2,1-2H3,(H,21,22,23,24). The number of morpholine rings is 1. The lowest BCUT2D eigenvalue weighted by Gasteiger charge is -2.32. The first kappa shape index (κ1) is 19.7. The zero-order valence-corrected chi connectivity index (χ0v) is 17.2. The molecule has 8 nitrogen and oxygen atoms in total. The molecule has 1 N–H and O–H groups in total. The maximum Gasteiger partial charge on any atom is 0.206 e. The minimum Gasteiger partial charge on any atom is -0.379 e. The number of aromatic amines is 1. The molecule has 1 aliphatic rings. The third kappa shape index (κ3) is 4.07. The number of hydrogen-bond acceptors (Lipinski definition) is 7. The molecule has 0 amide bonds. The van der Waals surface area contributed by atoms with E-state index in [2.05, 4.69) is 44.6 Å². The maximum atomic E-state index is 12.3. The van der Waals surface area contributed by atoms with Crippen LogP contribution < -0.4 is 0 Å². The summed E-state index contributed by atoms with van der Waals surface area (Å²) in [6.07, 6.45) is 1.18. The van der Waals surface area contributed by atoms with E-state index in [9.17, 15) is 8.42 Å². The van der Waals surface area contributed by atoms with Crippen LogP contribution in [0.15, 0.2) is 47.4 Å². The van der Waals surface area contributed by atoms with E-state index < -0.39 is 9.84 Å². The predicted molar refractivity (Wildman–Crippen MR) is 109 cm³/mol. The van der Waals surface area contributed by atoms with Gasteiger partial charge in [0, 0.05) is 31.0 Å². The first-order chi connectivity index (χ1) is 13.9. The molecule has 1 unspecified atom stereocenters. The van der Waals surface area contributed by atoms with Gasteiger partial charge in [0.25, 0.3) is 0 Å². The fourth-order valence-electron chi connectivity index (χ4n) is 3.70. The van der Waals surface area contributed by atoms with Gasteiger partial charge in [0.15, 0.2) is 9.84 Å². The number of rotatable bonds is 5. The number of nitrogens with one attached hydrogen (secondary N) is 1. The highest BCUT2D eigenvalue weighted by atomic mass is 32.2. The van der Waals surface area contributed by atoms with Crippen molar-refractivity contribution >= 4 is 9.84 Å². The number of nitrogens with zero attached hydrogens (tertiary/aromatic N) is 4. The summed E-state index contributed by atoms with van der Waals surface area (Å²) in [6, 6.07) is 13.7. The quantitative estimate of drug-likeness (QED) is 0.685. The number of sulfone groups is 1. The molecule has 0 radical (unpaired) electrons. The van der Waals surface area contributed by atoms with Gasteiger partial charge in [0.05, 0.1) is 18.1 Å². The molecule has 2 aromatic carbocycles. The van der Waals surface area contributed by atoms with E-state index in [1.807, 2.05) is 18.2 Å². The highest BCUT2D eigenvalue weighted by Crippen LogP contribution is 2.36. The van der Waals surface area contributed by atoms with Crippen LogP contribution in [0, 0.1) is 0 Å². The second-order valence-corrected chi connectivity index (χ2v) is 9.12. The molecule has 1 atom stereocenters. The molecule has 0 saturated carbocycles. The van der Waals surface area contributed by atoms with E-state index in [4.69, 9.17) is 4.74 Å². The minimum atomic E-state index is -3.47. The average molecular weight is 414 g/mol. The Morgan fingerprint density at radius 1 is 1.10 bits per heavy atom. The Kier molecular flexibility index (Phi) is 5.44. The second-order valence-electron chi connectivity index (χ2n) is 7.13. The zero-order chi connectivity index (χ0) is 20.4. The zero-order valence-electron chi connectivity index (χ0n) is 16.4. The van der Waals surface area contributed by atoms with E-state index >= 15 is 0 Å². The third-order valence-corrected chi connectivity index (χ3v) is 6.43. The molecule has 1 saturated heterocycles. The lowest BCUT2D eigenvalue weighted by Crippen LogP contribution is -2.37. The van der Waals surface area contributed by atoms with Crippen LogP contribution in [0.4, 0.5) is 0 Å². The molecular weight excluding hydrogens is 390 g/mol. The van der Waals surface area contributed by atoms with Crippen LogP contribution >= 0.6 is 0 Å². The summed E-state index contributed by atoms with van der Waals surface area (Å²) < 4.78 is 30.1. The lowest BCUT2D eigenvalue weighted by molar-refractivity contribution is 0.0198. The van der Waals surface area contributed by atoms with Crippen molar-refractivity contribution in [3.05, 3.63) is 48.0 Å². The first-order valence-electron chi connectivity index (χ1n) is 9.44. The first-order valence-corrected chi connectivity index (χ1v) is 11.3. The van der Waals surface area contributed by atoms with Crippen molar-refractivity contribution in [1.29, 1.82) is 0 Å². The van der Waals surface area contributed by atoms with Gasteiger partial charge in [-0.25, -0.2) is 8.42 Å². The summed E-state index contributed by atoms with van der Waals surface area (Å²) in [5, 5.41) is 14.1. The number of benzene rings is 2. The van der Waals surface area contributed by atoms with Crippen LogP contribution in [0.3, 0.4) is 0 Å². The van der Waals surface area contributed by atoms with Crippen LogP contribution in [0.1, 0.15) is 18.5 Å². The van der Waals surface area contributed by atoms with Crippen LogP contribution in [-0.4, -0.2) is 66.5 Å². The Bertz CT molecular complexity index is 1080. The van der Waals surface area contributed by atoms with Crippen molar-refractivity contribution in [2.45, 2.75) is 17.9 Å². The van der Waals surface area contributed by atoms with Gasteiger partial charge in [0.2, 0.25) is 5.82 Å². The fraction of sp³-hybridized carbons (Fsp3) is 0.350. The molecule has 3 aromatic rings. The Morgan fingerprint density at radius 3 is 2.45 bits per heavy atom. The van der Waals surface area contributed by atoms with Crippen LogP contribution in [0.5, 0.6) is 0 Å². The molecule has 2 heterocycles. The maximum absolute atomic E-state index is 12.3. The van der Waals surface area contributed by atoms with Gasteiger partial charge in [-0.15, -0.1) is 10.2 Å². The van der Waals surface area contributed by atoms with Crippen molar-refractivity contribution in [3.8, 4) is 22.5 Å². The number of H-pyrrole nitrogens is 1. The normalized spacial score (nSPS) is 16.6. The summed E-state index contributed by atoms with van der Waals surface area (Å²) in [4.78, 5) is 2.58. The highest BCUT2D eigenvalue weighted by Gasteiger charge is 2.22. The smallest absolute Gasteiger partial charge is 0.206 e. The highest BCUT2D eigenvalue weighted by molar-refractivity contribution is 7.90. The molecular formula is C20H23N5O3S. The Labute approximate surface area is 169 Å². The molecule has 9 heteroatoms. The molecule has 29 heavy (non-hydrogen) atoms. The predicted octanol–water partition coefficient (Wildman–Crippen LogP) is 2.33. The summed E-state index contributed by atoms with van der Waals surface area (Å²) in [7, 11) is -3.47. The monoisotopic (exact) mass is 413 g/mol. The van der Waals surface area contributed by atoms with Gasteiger partial charge in [-0.2, -0.15) is 5.21 Å². The number of hydrogen-bond donors (Lipinski definition) is 1. The number of tetrazole rings is 1. The number of ether oxygens (including phenoxy) is 1. The van der Waals surface area contributed by atoms with Crippen LogP contribution in [0.2, 0.25) is 0 Å². The van der Waals surface area contributed by atoms with Gasteiger partial charge < -0.3 is 4.74 Å². The van der Waals surface area contributed by atoms with Crippen LogP contribution in [-0.2, 0) is 14.6 Å². The molecule has 0 spiro atoms. The molecule has 0 aliphatic carbocycles. The van der Waals surface area contributed by atoms with Crippen molar-refractivity contribution in [3.63, 3.8) is 0 Å². The van der Waals surface area contributed by atoms with Gasteiger partial charge >= 0.3 is 0 Å². The van der Waals surface area contributed by atoms with Crippen molar-refractivity contribution < 1.29 is 13.2 Å². The van der Waals surface area contributed by atoms with E-state index in [1.165, 1.54) is 11.8 Å². The molecule has 1 aromatic heterocycles. The van der Waals surface area contributed by atoms with Gasteiger partial charge in [-0.3, -0.25) is 4.90 Å². The third-order valence-electron chi connectivity index (χ3n) is 5.29. The van der Waals surface area contributed by atoms with Crippen molar-refractivity contribution in [2.24, 2.45) is 0 Å². The summed E-state index contributed by atoms with van der Waals surface area (Å²) >= 11 is 0. The Hall–Kier alpha value is -2.62. The van der Waals surface area contributed by atoms with Gasteiger partial charge in [-0.05, 0) is 34.9 Å².